The molecule has 0 saturated carbocycles. The molecule has 100 valence electrons. The number of rotatable bonds is 6. The Morgan fingerprint density at radius 2 is 1.89 bits per heavy atom. The summed E-state index contributed by atoms with van der Waals surface area (Å²) in [5.41, 5.74) is 0. The third-order valence-electron chi connectivity index (χ3n) is 2.56. The third-order valence-corrected chi connectivity index (χ3v) is 2.93. The second kappa shape index (κ2) is 7.54. The molecular formula is C12H17Cl2N3O. The summed E-state index contributed by atoms with van der Waals surface area (Å²) in [5, 5.41) is 2.98. The van der Waals surface area contributed by atoms with Crippen LogP contribution >= 0.6 is 23.2 Å². The molecule has 0 aromatic carbocycles. The number of nitrogens with one attached hydrogen (secondary N) is 1. The zero-order chi connectivity index (χ0) is 13.5. The van der Waals surface area contributed by atoms with Gasteiger partial charge >= 0.3 is 0 Å². The Kier molecular flexibility index (Phi) is 6.36. The SMILES string of the molecule is CCCC(CCC)C(=O)Nc1cc(Cl)nc(Cl)n1. The maximum absolute atomic E-state index is 12.1. The molecule has 1 amide bonds. The molecule has 18 heavy (non-hydrogen) atoms. The van der Waals surface area contributed by atoms with E-state index in [0.717, 1.165) is 25.7 Å². The fraction of sp³-hybridized carbons (Fsp3) is 0.583. The van der Waals surface area contributed by atoms with E-state index in [1.165, 1.54) is 6.07 Å². The summed E-state index contributed by atoms with van der Waals surface area (Å²) in [5.74, 6) is 0.319. The van der Waals surface area contributed by atoms with Gasteiger partial charge in [0.15, 0.2) is 0 Å². The van der Waals surface area contributed by atoms with Crippen molar-refractivity contribution in [2.45, 2.75) is 39.5 Å². The van der Waals surface area contributed by atoms with Crippen molar-refractivity contribution in [1.82, 2.24) is 9.97 Å². The Hall–Kier alpha value is -0.870. The van der Waals surface area contributed by atoms with E-state index >= 15 is 0 Å². The van der Waals surface area contributed by atoms with Gasteiger partial charge in [0.05, 0.1) is 0 Å². The minimum atomic E-state index is -0.0375. The Labute approximate surface area is 117 Å². The second-order valence-electron chi connectivity index (χ2n) is 4.11. The standard InChI is InChI=1S/C12H17Cl2N3O/c1-3-5-8(6-4-2)11(18)16-10-7-9(13)15-12(14)17-10/h7-8H,3-6H2,1-2H3,(H,15,16,17,18). The molecule has 1 aromatic rings. The highest BCUT2D eigenvalue weighted by Crippen LogP contribution is 2.18. The molecule has 4 nitrogen and oxygen atoms in total. The maximum Gasteiger partial charge on any atom is 0.228 e. The second-order valence-corrected chi connectivity index (χ2v) is 4.83. The molecule has 0 atom stereocenters. The van der Waals surface area contributed by atoms with Crippen LogP contribution in [0.1, 0.15) is 39.5 Å². The summed E-state index contributed by atoms with van der Waals surface area (Å²) in [6, 6.07) is 1.49. The van der Waals surface area contributed by atoms with Crippen molar-refractivity contribution in [1.29, 1.82) is 0 Å². The summed E-state index contributed by atoms with van der Waals surface area (Å²) < 4.78 is 0. The molecule has 1 N–H and O–H groups in total. The summed E-state index contributed by atoms with van der Waals surface area (Å²) in [6.07, 6.45) is 3.69. The summed E-state index contributed by atoms with van der Waals surface area (Å²) >= 11 is 11.4. The molecule has 0 fully saturated rings. The average Bonchev–Trinajstić information content (AvgIpc) is 2.27. The lowest BCUT2D eigenvalue weighted by atomic mass is 9.97. The van der Waals surface area contributed by atoms with Gasteiger partial charge in [-0.1, -0.05) is 38.3 Å². The van der Waals surface area contributed by atoms with Crippen LogP contribution in [0.15, 0.2) is 6.07 Å². The number of hydrogen-bond acceptors (Lipinski definition) is 3. The van der Waals surface area contributed by atoms with Gasteiger partial charge in [0, 0.05) is 12.0 Å². The quantitative estimate of drug-likeness (QED) is 0.637. The maximum atomic E-state index is 12.1. The number of amides is 1. The van der Waals surface area contributed by atoms with E-state index in [0.29, 0.717) is 5.82 Å². The van der Waals surface area contributed by atoms with E-state index in [2.05, 4.69) is 29.1 Å². The van der Waals surface area contributed by atoms with Crippen molar-refractivity contribution >= 4 is 34.9 Å². The lowest BCUT2D eigenvalue weighted by Gasteiger charge is -2.14. The molecule has 1 rings (SSSR count). The predicted molar refractivity (Wildman–Crippen MR) is 74.0 cm³/mol. The van der Waals surface area contributed by atoms with Crippen LogP contribution in [-0.2, 0) is 4.79 Å². The van der Waals surface area contributed by atoms with Crippen LogP contribution in [0.4, 0.5) is 5.82 Å². The van der Waals surface area contributed by atoms with E-state index in [9.17, 15) is 4.79 Å². The first kappa shape index (κ1) is 15.2. The highest BCUT2D eigenvalue weighted by atomic mass is 35.5. The van der Waals surface area contributed by atoms with E-state index in [1.807, 2.05) is 0 Å². The Morgan fingerprint density at radius 1 is 1.28 bits per heavy atom. The van der Waals surface area contributed by atoms with Crippen molar-refractivity contribution in [3.8, 4) is 0 Å². The average molecular weight is 290 g/mol. The van der Waals surface area contributed by atoms with Gasteiger partial charge in [0.25, 0.3) is 0 Å². The zero-order valence-corrected chi connectivity index (χ0v) is 12.1. The molecule has 6 heteroatoms. The van der Waals surface area contributed by atoms with E-state index in [1.54, 1.807) is 0 Å². The minimum absolute atomic E-state index is 0.00696. The van der Waals surface area contributed by atoms with Crippen molar-refractivity contribution in [2.24, 2.45) is 5.92 Å². The molecule has 1 aromatic heterocycles. The van der Waals surface area contributed by atoms with E-state index in [4.69, 9.17) is 23.2 Å². The van der Waals surface area contributed by atoms with Gasteiger partial charge in [-0.15, -0.1) is 0 Å². The molecule has 1 heterocycles. The van der Waals surface area contributed by atoms with Crippen LogP contribution < -0.4 is 5.32 Å². The predicted octanol–water partition coefficient (Wildman–Crippen LogP) is 3.94. The molecule has 0 unspecified atom stereocenters. The number of anilines is 1. The van der Waals surface area contributed by atoms with E-state index < -0.39 is 0 Å². The highest BCUT2D eigenvalue weighted by molar-refractivity contribution is 6.32. The number of hydrogen-bond donors (Lipinski definition) is 1. The van der Waals surface area contributed by atoms with Crippen molar-refractivity contribution in [3.63, 3.8) is 0 Å². The zero-order valence-electron chi connectivity index (χ0n) is 10.5. The monoisotopic (exact) mass is 289 g/mol. The fourth-order valence-electron chi connectivity index (χ4n) is 1.79. The lowest BCUT2D eigenvalue weighted by molar-refractivity contribution is -0.120. The Balaban J connectivity index is 2.72. The van der Waals surface area contributed by atoms with Crippen molar-refractivity contribution in [3.05, 3.63) is 16.5 Å². The number of aromatic nitrogens is 2. The van der Waals surface area contributed by atoms with Crippen LogP contribution in [0.5, 0.6) is 0 Å². The fourth-order valence-corrected chi connectivity index (χ4v) is 2.19. The van der Waals surface area contributed by atoms with Gasteiger partial charge < -0.3 is 5.32 Å². The normalized spacial score (nSPS) is 10.7. The van der Waals surface area contributed by atoms with Crippen molar-refractivity contribution < 1.29 is 4.79 Å². The largest absolute Gasteiger partial charge is 0.310 e. The first-order valence-electron chi connectivity index (χ1n) is 6.07. The summed E-state index contributed by atoms with van der Waals surface area (Å²) in [6.45, 7) is 4.13. The number of halogens is 2. The third kappa shape index (κ3) is 4.78. The number of carbonyl (C=O) groups is 1. The first-order valence-corrected chi connectivity index (χ1v) is 6.83. The smallest absolute Gasteiger partial charge is 0.228 e. The van der Waals surface area contributed by atoms with Gasteiger partial charge in [-0.25, -0.2) is 9.97 Å². The number of carbonyl (C=O) groups excluding carboxylic acids is 1. The summed E-state index contributed by atoms with van der Waals surface area (Å²) in [7, 11) is 0. The minimum Gasteiger partial charge on any atom is -0.310 e. The van der Waals surface area contributed by atoms with Gasteiger partial charge in [0.1, 0.15) is 11.0 Å². The molecule has 0 spiro atoms. The van der Waals surface area contributed by atoms with Crippen molar-refractivity contribution in [2.75, 3.05) is 5.32 Å². The van der Waals surface area contributed by atoms with Gasteiger partial charge in [0.2, 0.25) is 11.2 Å². The molecule has 0 aliphatic heterocycles. The van der Waals surface area contributed by atoms with Crippen LogP contribution in [0.2, 0.25) is 10.4 Å². The van der Waals surface area contributed by atoms with Crippen LogP contribution in [-0.4, -0.2) is 15.9 Å². The van der Waals surface area contributed by atoms with E-state index in [-0.39, 0.29) is 22.3 Å². The highest BCUT2D eigenvalue weighted by Gasteiger charge is 2.17. The lowest BCUT2D eigenvalue weighted by Crippen LogP contribution is -2.23. The molecule has 0 bridgehead atoms. The van der Waals surface area contributed by atoms with Crippen LogP contribution in [0.25, 0.3) is 0 Å². The van der Waals surface area contributed by atoms with Gasteiger partial charge in [-0.2, -0.15) is 0 Å². The topological polar surface area (TPSA) is 54.9 Å². The number of nitrogens with zero attached hydrogens (tertiary/aromatic N) is 2. The Bertz CT molecular complexity index is 386. The van der Waals surface area contributed by atoms with Gasteiger partial charge in [-0.05, 0) is 24.4 Å². The van der Waals surface area contributed by atoms with Crippen LogP contribution in [0.3, 0.4) is 0 Å². The summed E-state index contributed by atoms with van der Waals surface area (Å²) in [4.78, 5) is 19.7. The van der Waals surface area contributed by atoms with Gasteiger partial charge in [-0.3, -0.25) is 4.79 Å². The molecule has 0 radical (unpaired) electrons. The molecular weight excluding hydrogens is 273 g/mol. The molecule has 0 saturated heterocycles. The molecule has 0 aliphatic rings. The first-order chi connectivity index (χ1) is 8.56. The van der Waals surface area contributed by atoms with Crippen LogP contribution in [0, 0.1) is 5.92 Å². The Morgan fingerprint density at radius 3 is 2.39 bits per heavy atom. The molecule has 0 aliphatic carbocycles.